The van der Waals surface area contributed by atoms with Crippen LogP contribution in [0, 0.1) is 19.3 Å². The number of amides is 1. The number of carbonyl (C=O) groups is 1. The molecule has 0 aromatic carbocycles. The predicted octanol–water partition coefficient (Wildman–Crippen LogP) is 3.39. The number of nitrogens with zero attached hydrogens (tertiary/aromatic N) is 3. The zero-order chi connectivity index (χ0) is 18.1. The molecule has 2 rings (SSSR count). The number of alkyl halides is 2. The van der Waals surface area contributed by atoms with E-state index in [9.17, 15) is 13.6 Å². The molecule has 0 fully saturated rings. The molecule has 2 aromatic rings. The van der Waals surface area contributed by atoms with Crippen LogP contribution in [0.25, 0.3) is 0 Å². The zero-order valence-corrected chi connectivity index (χ0v) is 14.6. The summed E-state index contributed by atoms with van der Waals surface area (Å²) < 4.78 is 26.3. The summed E-state index contributed by atoms with van der Waals surface area (Å²) in [4.78, 5) is 12.2. The Bertz CT molecular complexity index is 727. The molecule has 0 saturated heterocycles. The first-order valence-corrected chi connectivity index (χ1v) is 7.73. The number of aryl methyl sites for hydroxylation is 1. The maximum atomic E-state index is 12.8. The van der Waals surface area contributed by atoms with Gasteiger partial charge in [0.1, 0.15) is 0 Å². The number of rotatable bonds is 5. The maximum Gasteiger partial charge on any atom is 0.333 e. The highest BCUT2D eigenvalue weighted by molar-refractivity contribution is 5.91. The fourth-order valence-electron chi connectivity index (χ4n) is 2.58. The summed E-state index contributed by atoms with van der Waals surface area (Å²) in [6, 6.07) is 1.78. The Morgan fingerprint density at radius 2 is 2.04 bits per heavy atom. The van der Waals surface area contributed by atoms with Crippen LogP contribution >= 0.6 is 0 Å². The van der Waals surface area contributed by atoms with E-state index in [2.05, 4.69) is 41.4 Å². The van der Waals surface area contributed by atoms with Crippen molar-refractivity contribution < 1.29 is 13.6 Å². The summed E-state index contributed by atoms with van der Waals surface area (Å²) in [7, 11) is 0. The highest BCUT2D eigenvalue weighted by Crippen LogP contribution is 2.22. The molecule has 0 aliphatic rings. The van der Waals surface area contributed by atoms with E-state index in [1.54, 1.807) is 13.0 Å². The normalized spacial score (nSPS) is 12.0. The van der Waals surface area contributed by atoms with Gasteiger partial charge < -0.3 is 5.32 Å². The molecule has 8 heteroatoms. The number of carbonyl (C=O) groups excluding carboxylic acids is 1. The summed E-state index contributed by atoms with van der Waals surface area (Å²) in [5, 5.41) is 13.4. The quantitative estimate of drug-likeness (QED) is 0.877. The van der Waals surface area contributed by atoms with Gasteiger partial charge in [-0.2, -0.15) is 19.0 Å². The number of hydrogen-bond donors (Lipinski definition) is 2. The largest absolute Gasteiger partial charge is 0.333 e. The lowest BCUT2D eigenvalue weighted by Crippen LogP contribution is -2.15. The van der Waals surface area contributed by atoms with Crippen LogP contribution in [0.2, 0.25) is 0 Å². The van der Waals surface area contributed by atoms with E-state index < -0.39 is 6.55 Å². The van der Waals surface area contributed by atoms with Gasteiger partial charge in [-0.05, 0) is 25.7 Å². The Morgan fingerprint density at radius 3 is 2.58 bits per heavy atom. The van der Waals surface area contributed by atoms with E-state index in [4.69, 9.17) is 0 Å². The van der Waals surface area contributed by atoms with Crippen LogP contribution in [-0.2, 0) is 17.6 Å². The molecule has 2 aromatic heterocycles. The van der Waals surface area contributed by atoms with Gasteiger partial charge in [-0.15, -0.1) is 0 Å². The molecule has 24 heavy (non-hydrogen) atoms. The standard InChI is InChI=1S/C16H23F2N5O/c1-9-12(10(2)23(22-9)15(17)18)7-14(24)19-13-6-11(20-21-13)8-16(3,4)5/h6,15H,7-8H2,1-5H3,(H2,19,20,21,24). The molecule has 0 atom stereocenters. The van der Waals surface area contributed by atoms with Crippen LogP contribution < -0.4 is 5.32 Å². The number of H-pyrrole nitrogens is 1. The van der Waals surface area contributed by atoms with E-state index in [1.807, 2.05) is 0 Å². The van der Waals surface area contributed by atoms with Gasteiger partial charge in [-0.25, -0.2) is 4.68 Å². The van der Waals surface area contributed by atoms with Gasteiger partial charge in [0.2, 0.25) is 5.91 Å². The SMILES string of the molecule is Cc1nn(C(F)F)c(C)c1CC(=O)Nc1cc(CC(C)(C)C)[nH]n1. The summed E-state index contributed by atoms with van der Waals surface area (Å²) in [6.45, 7) is 6.76. The van der Waals surface area contributed by atoms with Gasteiger partial charge in [-0.3, -0.25) is 9.89 Å². The number of nitrogens with one attached hydrogen (secondary N) is 2. The lowest BCUT2D eigenvalue weighted by molar-refractivity contribution is -0.115. The molecular formula is C16H23F2N5O. The minimum Gasteiger partial charge on any atom is -0.309 e. The third kappa shape index (κ3) is 4.39. The maximum absolute atomic E-state index is 12.8. The molecule has 0 spiro atoms. The number of anilines is 1. The average Bonchev–Trinajstić information content (AvgIpc) is 2.96. The minimum atomic E-state index is -2.72. The van der Waals surface area contributed by atoms with Crippen molar-refractivity contribution in [2.45, 2.75) is 54.0 Å². The molecule has 132 valence electrons. The fraction of sp³-hybridized carbons (Fsp3) is 0.562. The number of halogens is 2. The van der Waals surface area contributed by atoms with E-state index in [0.29, 0.717) is 27.5 Å². The first-order chi connectivity index (χ1) is 11.1. The smallest absolute Gasteiger partial charge is 0.309 e. The van der Waals surface area contributed by atoms with E-state index >= 15 is 0 Å². The molecule has 0 aliphatic carbocycles. The van der Waals surface area contributed by atoms with Crippen LogP contribution in [-0.4, -0.2) is 25.9 Å². The van der Waals surface area contributed by atoms with Crippen molar-refractivity contribution in [1.82, 2.24) is 20.0 Å². The molecule has 0 radical (unpaired) electrons. The van der Waals surface area contributed by atoms with Crippen LogP contribution in [0.5, 0.6) is 0 Å². The van der Waals surface area contributed by atoms with E-state index in [0.717, 1.165) is 12.1 Å². The third-order valence-corrected chi connectivity index (χ3v) is 3.62. The van der Waals surface area contributed by atoms with Crippen molar-refractivity contribution in [1.29, 1.82) is 0 Å². The van der Waals surface area contributed by atoms with Crippen molar-refractivity contribution in [2.24, 2.45) is 5.41 Å². The molecule has 0 saturated carbocycles. The fourth-order valence-corrected chi connectivity index (χ4v) is 2.58. The second-order valence-corrected chi connectivity index (χ2v) is 7.11. The monoisotopic (exact) mass is 339 g/mol. The minimum absolute atomic E-state index is 0.0220. The topological polar surface area (TPSA) is 75.6 Å². The van der Waals surface area contributed by atoms with Gasteiger partial charge in [0.05, 0.1) is 12.1 Å². The highest BCUT2D eigenvalue weighted by Gasteiger charge is 2.20. The van der Waals surface area contributed by atoms with Gasteiger partial charge in [0.25, 0.3) is 0 Å². The predicted molar refractivity (Wildman–Crippen MR) is 87.0 cm³/mol. The van der Waals surface area contributed by atoms with E-state index in [-0.39, 0.29) is 17.7 Å². The summed E-state index contributed by atoms with van der Waals surface area (Å²) in [6.07, 6.45) is 0.779. The molecular weight excluding hydrogens is 316 g/mol. The molecule has 2 heterocycles. The van der Waals surface area contributed by atoms with Crippen molar-refractivity contribution >= 4 is 11.7 Å². The Labute approximate surface area is 139 Å². The van der Waals surface area contributed by atoms with Crippen molar-refractivity contribution in [3.63, 3.8) is 0 Å². The lowest BCUT2D eigenvalue weighted by Gasteiger charge is -2.15. The van der Waals surface area contributed by atoms with Gasteiger partial charge in [0, 0.05) is 23.0 Å². The Kier molecular flexibility index (Phi) is 5.05. The summed E-state index contributed by atoms with van der Waals surface area (Å²) in [5.74, 6) is 0.111. The Hall–Kier alpha value is -2.25. The average molecular weight is 339 g/mol. The van der Waals surface area contributed by atoms with Crippen LogP contribution in [0.3, 0.4) is 0 Å². The molecule has 2 N–H and O–H groups in total. The van der Waals surface area contributed by atoms with E-state index in [1.165, 1.54) is 6.92 Å². The number of hydrogen-bond acceptors (Lipinski definition) is 3. The van der Waals surface area contributed by atoms with Crippen LogP contribution in [0.4, 0.5) is 14.6 Å². The molecule has 0 bridgehead atoms. The number of aromatic nitrogens is 4. The zero-order valence-electron chi connectivity index (χ0n) is 14.6. The Morgan fingerprint density at radius 1 is 1.38 bits per heavy atom. The van der Waals surface area contributed by atoms with Crippen LogP contribution in [0.1, 0.15) is 50.0 Å². The van der Waals surface area contributed by atoms with Crippen molar-refractivity contribution in [3.8, 4) is 0 Å². The number of aromatic amines is 1. The van der Waals surface area contributed by atoms with Gasteiger partial charge in [-0.1, -0.05) is 20.8 Å². The van der Waals surface area contributed by atoms with Crippen molar-refractivity contribution in [2.75, 3.05) is 5.32 Å². The van der Waals surface area contributed by atoms with Gasteiger partial charge in [0.15, 0.2) is 5.82 Å². The molecule has 6 nitrogen and oxygen atoms in total. The van der Waals surface area contributed by atoms with Crippen LogP contribution in [0.15, 0.2) is 6.07 Å². The Balaban J connectivity index is 2.04. The highest BCUT2D eigenvalue weighted by atomic mass is 19.3. The summed E-state index contributed by atoms with van der Waals surface area (Å²) >= 11 is 0. The van der Waals surface area contributed by atoms with Gasteiger partial charge >= 0.3 is 6.55 Å². The lowest BCUT2D eigenvalue weighted by atomic mass is 9.91. The molecule has 1 amide bonds. The molecule has 0 aliphatic heterocycles. The summed E-state index contributed by atoms with van der Waals surface area (Å²) in [5.41, 5.74) is 2.27. The second-order valence-electron chi connectivity index (χ2n) is 7.11. The first kappa shape index (κ1) is 18.1. The molecule has 0 unspecified atom stereocenters. The first-order valence-electron chi connectivity index (χ1n) is 7.73. The second kappa shape index (κ2) is 6.70. The van der Waals surface area contributed by atoms with Crippen molar-refractivity contribution in [3.05, 3.63) is 28.7 Å². The third-order valence-electron chi connectivity index (χ3n) is 3.62.